The summed E-state index contributed by atoms with van der Waals surface area (Å²) in [6, 6.07) is 1.38. The van der Waals surface area contributed by atoms with Gasteiger partial charge in [-0.3, -0.25) is 4.79 Å². The Morgan fingerprint density at radius 3 is 2.60 bits per heavy atom. The van der Waals surface area contributed by atoms with Gasteiger partial charge in [-0.05, 0) is 13.0 Å². The van der Waals surface area contributed by atoms with Gasteiger partial charge in [-0.2, -0.15) is 13.2 Å². The highest BCUT2D eigenvalue weighted by Crippen LogP contribution is 2.29. The summed E-state index contributed by atoms with van der Waals surface area (Å²) >= 11 is 5.73. The van der Waals surface area contributed by atoms with Gasteiger partial charge in [-0.25, -0.2) is 9.97 Å². The van der Waals surface area contributed by atoms with E-state index < -0.39 is 12.8 Å². The molecule has 0 spiro atoms. The molecule has 0 aliphatic rings. The smallest absolute Gasteiger partial charge is 0.422 e. The second kappa shape index (κ2) is 5.24. The van der Waals surface area contributed by atoms with E-state index in [9.17, 15) is 18.0 Å². The van der Waals surface area contributed by atoms with Gasteiger partial charge < -0.3 is 4.74 Å². The van der Waals surface area contributed by atoms with Crippen LogP contribution in [0.3, 0.4) is 0 Å². The zero-order valence-electron chi connectivity index (χ0n) is 10.2. The Balaban J connectivity index is 2.53. The SMILES string of the molecule is CC(=O)c1cnc(OCC(F)(F)F)c2cnc(Cl)cc12. The summed E-state index contributed by atoms with van der Waals surface area (Å²) in [7, 11) is 0. The Bertz CT molecular complexity index is 674. The van der Waals surface area contributed by atoms with Crippen LogP contribution in [0.1, 0.15) is 17.3 Å². The first-order valence-electron chi connectivity index (χ1n) is 5.42. The van der Waals surface area contributed by atoms with Gasteiger partial charge in [-0.1, -0.05) is 11.6 Å². The number of hydrogen-bond donors (Lipinski definition) is 0. The molecule has 0 aliphatic carbocycles. The first-order chi connectivity index (χ1) is 9.28. The maximum atomic E-state index is 12.2. The van der Waals surface area contributed by atoms with Crippen LogP contribution in [0.2, 0.25) is 5.15 Å². The Hall–Kier alpha value is -1.89. The number of pyridine rings is 2. The third kappa shape index (κ3) is 3.16. The highest BCUT2D eigenvalue weighted by atomic mass is 35.5. The molecule has 2 rings (SSSR count). The normalized spacial score (nSPS) is 11.7. The van der Waals surface area contributed by atoms with E-state index in [-0.39, 0.29) is 27.8 Å². The van der Waals surface area contributed by atoms with Gasteiger partial charge >= 0.3 is 6.18 Å². The number of alkyl halides is 3. The van der Waals surface area contributed by atoms with E-state index >= 15 is 0 Å². The lowest BCUT2D eigenvalue weighted by Gasteiger charge is -2.11. The molecule has 4 nitrogen and oxygen atoms in total. The van der Waals surface area contributed by atoms with E-state index in [4.69, 9.17) is 11.6 Å². The van der Waals surface area contributed by atoms with Crippen molar-refractivity contribution in [2.75, 3.05) is 6.61 Å². The fourth-order valence-electron chi connectivity index (χ4n) is 1.63. The molecule has 0 saturated carbocycles. The fraction of sp³-hybridized carbons (Fsp3) is 0.250. The molecule has 2 aromatic heterocycles. The highest BCUT2D eigenvalue weighted by molar-refractivity contribution is 6.30. The Labute approximate surface area is 116 Å². The largest absolute Gasteiger partial charge is 0.468 e. The van der Waals surface area contributed by atoms with Crippen LogP contribution in [0.4, 0.5) is 13.2 Å². The van der Waals surface area contributed by atoms with Crippen molar-refractivity contribution in [2.45, 2.75) is 13.1 Å². The van der Waals surface area contributed by atoms with Gasteiger partial charge in [0.25, 0.3) is 0 Å². The van der Waals surface area contributed by atoms with Crippen molar-refractivity contribution < 1.29 is 22.7 Å². The minimum atomic E-state index is -4.48. The monoisotopic (exact) mass is 304 g/mol. The summed E-state index contributed by atoms with van der Waals surface area (Å²) in [4.78, 5) is 19.0. The van der Waals surface area contributed by atoms with Gasteiger partial charge in [-0.15, -0.1) is 0 Å². The molecular weight excluding hydrogens is 297 g/mol. The molecule has 0 radical (unpaired) electrons. The zero-order valence-corrected chi connectivity index (χ0v) is 10.9. The van der Waals surface area contributed by atoms with Gasteiger partial charge in [0, 0.05) is 23.3 Å². The van der Waals surface area contributed by atoms with Crippen molar-refractivity contribution in [3.8, 4) is 5.88 Å². The van der Waals surface area contributed by atoms with E-state index in [1.54, 1.807) is 0 Å². The van der Waals surface area contributed by atoms with Crippen molar-refractivity contribution in [1.29, 1.82) is 0 Å². The Kier molecular flexibility index (Phi) is 3.80. The lowest BCUT2D eigenvalue weighted by atomic mass is 10.1. The maximum Gasteiger partial charge on any atom is 0.422 e. The zero-order chi connectivity index (χ0) is 14.9. The van der Waals surface area contributed by atoms with Gasteiger partial charge in [0.2, 0.25) is 5.88 Å². The molecule has 2 heterocycles. The number of carbonyl (C=O) groups is 1. The van der Waals surface area contributed by atoms with Crippen LogP contribution in [0.15, 0.2) is 18.5 Å². The summed E-state index contributed by atoms with van der Waals surface area (Å²) in [5.41, 5.74) is 0.239. The molecule has 0 aromatic carbocycles. The topological polar surface area (TPSA) is 52.1 Å². The van der Waals surface area contributed by atoms with Crippen molar-refractivity contribution in [3.05, 3.63) is 29.2 Å². The number of aromatic nitrogens is 2. The van der Waals surface area contributed by atoms with Crippen molar-refractivity contribution in [3.63, 3.8) is 0 Å². The summed E-state index contributed by atoms with van der Waals surface area (Å²) in [6.07, 6.45) is -2.09. The standard InChI is InChI=1S/C12H8ClF3N2O2/c1-6(19)8-3-18-11(20-5-12(14,15)16)9-4-17-10(13)2-7(8)9/h2-4H,5H2,1H3. The molecule has 106 valence electrons. The van der Waals surface area contributed by atoms with E-state index in [0.29, 0.717) is 5.39 Å². The number of halogens is 4. The predicted octanol–water partition coefficient (Wildman–Crippen LogP) is 3.43. The second-order valence-electron chi connectivity index (χ2n) is 3.99. The molecule has 0 fully saturated rings. The third-order valence-electron chi connectivity index (χ3n) is 2.45. The summed E-state index contributed by atoms with van der Waals surface area (Å²) < 4.78 is 41.1. The molecule has 0 bridgehead atoms. The van der Waals surface area contributed by atoms with Crippen LogP contribution < -0.4 is 4.74 Å². The summed E-state index contributed by atoms with van der Waals surface area (Å²) in [6.45, 7) is -0.155. The van der Waals surface area contributed by atoms with Crippen LogP contribution in [0.25, 0.3) is 10.8 Å². The lowest BCUT2D eigenvalue weighted by molar-refractivity contribution is -0.153. The number of Topliss-reactive ketones (excluding diaryl/α,β-unsaturated/α-hetero) is 1. The van der Waals surface area contributed by atoms with E-state index in [2.05, 4.69) is 14.7 Å². The van der Waals surface area contributed by atoms with Crippen LogP contribution >= 0.6 is 11.6 Å². The van der Waals surface area contributed by atoms with Crippen molar-refractivity contribution in [1.82, 2.24) is 9.97 Å². The quantitative estimate of drug-likeness (QED) is 0.644. The fourth-order valence-corrected chi connectivity index (χ4v) is 1.79. The molecule has 2 aromatic rings. The first kappa shape index (κ1) is 14.5. The second-order valence-corrected chi connectivity index (χ2v) is 4.38. The minimum Gasteiger partial charge on any atom is -0.468 e. The molecule has 0 aliphatic heterocycles. The molecular formula is C12H8ClF3N2O2. The van der Waals surface area contributed by atoms with Gasteiger partial charge in [0.1, 0.15) is 5.15 Å². The number of fused-ring (bicyclic) bond motifs is 1. The Morgan fingerprint density at radius 1 is 1.30 bits per heavy atom. The van der Waals surface area contributed by atoms with E-state index in [0.717, 1.165) is 6.20 Å². The van der Waals surface area contributed by atoms with Gasteiger partial charge in [0.05, 0.1) is 5.39 Å². The maximum absolute atomic E-state index is 12.2. The average Bonchev–Trinajstić information content (AvgIpc) is 2.34. The minimum absolute atomic E-state index is 0.118. The molecule has 20 heavy (non-hydrogen) atoms. The number of hydrogen-bond acceptors (Lipinski definition) is 4. The highest BCUT2D eigenvalue weighted by Gasteiger charge is 2.29. The number of carbonyl (C=O) groups excluding carboxylic acids is 1. The molecule has 8 heteroatoms. The van der Waals surface area contributed by atoms with Crippen LogP contribution in [-0.4, -0.2) is 28.5 Å². The van der Waals surface area contributed by atoms with Crippen molar-refractivity contribution in [2.24, 2.45) is 0 Å². The van der Waals surface area contributed by atoms with Crippen LogP contribution in [-0.2, 0) is 0 Å². The summed E-state index contributed by atoms with van der Waals surface area (Å²) in [5.74, 6) is -0.529. The average molecular weight is 305 g/mol. The molecule has 0 amide bonds. The number of ether oxygens (including phenoxy) is 1. The Morgan fingerprint density at radius 2 is 2.00 bits per heavy atom. The molecule has 0 unspecified atom stereocenters. The van der Waals surface area contributed by atoms with Crippen molar-refractivity contribution >= 4 is 28.2 Å². The molecule has 0 saturated heterocycles. The molecule has 0 N–H and O–H groups in total. The van der Waals surface area contributed by atoms with E-state index in [1.807, 2.05) is 0 Å². The third-order valence-corrected chi connectivity index (χ3v) is 2.66. The number of rotatable bonds is 3. The number of ketones is 1. The summed E-state index contributed by atoms with van der Waals surface area (Å²) in [5, 5.41) is 0.670. The number of nitrogens with zero attached hydrogens (tertiary/aromatic N) is 2. The molecule has 0 atom stereocenters. The van der Waals surface area contributed by atoms with Crippen LogP contribution in [0, 0.1) is 0 Å². The van der Waals surface area contributed by atoms with Crippen LogP contribution in [0.5, 0.6) is 5.88 Å². The predicted molar refractivity (Wildman–Crippen MR) is 66.1 cm³/mol. The van der Waals surface area contributed by atoms with Gasteiger partial charge in [0.15, 0.2) is 12.4 Å². The first-order valence-corrected chi connectivity index (χ1v) is 5.80. The van der Waals surface area contributed by atoms with E-state index in [1.165, 1.54) is 19.2 Å². The lowest BCUT2D eigenvalue weighted by Crippen LogP contribution is -2.19.